The normalized spacial score (nSPS) is 42.6. The van der Waals surface area contributed by atoms with Crippen molar-refractivity contribution in [2.45, 2.75) is 50.6 Å². The quantitative estimate of drug-likeness (QED) is 0.775. The van der Waals surface area contributed by atoms with Crippen LogP contribution in [0.1, 0.15) is 39.5 Å². The Bertz CT molecular complexity index is 400. The van der Waals surface area contributed by atoms with Crippen molar-refractivity contribution in [3.63, 3.8) is 0 Å². The summed E-state index contributed by atoms with van der Waals surface area (Å²) in [6.07, 6.45) is 4.22. The van der Waals surface area contributed by atoms with Gasteiger partial charge in [0.25, 0.3) is 0 Å². The molecule has 0 bridgehead atoms. The minimum Gasteiger partial charge on any atom is -0.340 e. The van der Waals surface area contributed by atoms with Crippen LogP contribution in [0.3, 0.4) is 0 Å². The average Bonchev–Trinajstić information content (AvgIpc) is 3.14. The molecule has 94 valence electrons. The monoisotopic (exact) mass is 236 g/mol. The van der Waals surface area contributed by atoms with Gasteiger partial charge in [-0.2, -0.15) is 0 Å². The van der Waals surface area contributed by atoms with E-state index < -0.39 is 11.1 Å². The highest BCUT2D eigenvalue weighted by Crippen LogP contribution is 2.48. The molecular formula is C13H20N2O2. The predicted octanol–water partition coefficient (Wildman–Crippen LogP) is 0.912. The summed E-state index contributed by atoms with van der Waals surface area (Å²) in [6, 6.07) is 0. The SMILES string of the molecule is CN1C(=O)C(C)(C2CC2)NC(=O)C1(C)C1CC1. The molecule has 1 saturated heterocycles. The van der Waals surface area contributed by atoms with Crippen LogP contribution in [0.15, 0.2) is 0 Å². The van der Waals surface area contributed by atoms with Gasteiger partial charge in [-0.25, -0.2) is 0 Å². The topological polar surface area (TPSA) is 49.4 Å². The lowest BCUT2D eigenvalue weighted by molar-refractivity contribution is -0.161. The van der Waals surface area contributed by atoms with E-state index in [0.29, 0.717) is 11.8 Å². The zero-order chi connectivity index (χ0) is 12.4. The molecule has 4 heteroatoms. The Balaban J connectivity index is 1.95. The van der Waals surface area contributed by atoms with E-state index >= 15 is 0 Å². The Labute approximate surface area is 102 Å². The van der Waals surface area contributed by atoms with Gasteiger partial charge in [0.2, 0.25) is 11.8 Å². The van der Waals surface area contributed by atoms with Gasteiger partial charge in [0.1, 0.15) is 11.1 Å². The van der Waals surface area contributed by atoms with E-state index in [1.165, 1.54) is 0 Å². The van der Waals surface area contributed by atoms with Crippen molar-refractivity contribution < 1.29 is 9.59 Å². The maximum atomic E-state index is 12.5. The maximum absolute atomic E-state index is 12.5. The number of amides is 2. The fraction of sp³-hybridized carbons (Fsp3) is 0.846. The van der Waals surface area contributed by atoms with Crippen LogP contribution in [0, 0.1) is 11.8 Å². The third-order valence-corrected chi connectivity index (χ3v) is 5.04. The second-order valence-corrected chi connectivity index (χ2v) is 6.22. The van der Waals surface area contributed by atoms with Crippen LogP contribution in [0.4, 0.5) is 0 Å². The van der Waals surface area contributed by atoms with Crippen LogP contribution in [0.5, 0.6) is 0 Å². The van der Waals surface area contributed by atoms with Gasteiger partial charge in [0, 0.05) is 7.05 Å². The largest absolute Gasteiger partial charge is 0.340 e. The van der Waals surface area contributed by atoms with Gasteiger partial charge in [-0.05, 0) is 51.4 Å². The number of nitrogens with one attached hydrogen (secondary N) is 1. The van der Waals surface area contributed by atoms with E-state index in [0.717, 1.165) is 25.7 Å². The van der Waals surface area contributed by atoms with Crippen molar-refractivity contribution in [2.75, 3.05) is 7.05 Å². The van der Waals surface area contributed by atoms with Crippen LogP contribution < -0.4 is 5.32 Å². The Kier molecular flexibility index (Phi) is 1.97. The number of hydrogen-bond acceptors (Lipinski definition) is 2. The summed E-state index contributed by atoms with van der Waals surface area (Å²) in [5, 5.41) is 3.02. The van der Waals surface area contributed by atoms with Gasteiger partial charge in [-0.1, -0.05) is 0 Å². The number of rotatable bonds is 2. The standard InChI is InChI=1S/C13H20N2O2/c1-12(8-4-5-8)11(17)15(3)13(2,9-6-7-9)10(16)14-12/h8-9H,4-7H2,1-3H3,(H,14,16). The summed E-state index contributed by atoms with van der Waals surface area (Å²) in [4.78, 5) is 26.6. The van der Waals surface area contributed by atoms with Crippen molar-refractivity contribution in [2.24, 2.45) is 11.8 Å². The highest BCUT2D eigenvalue weighted by atomic mass is 16.2. The first kappa shape index (κ1) is 11.1. The van der Waals surface area contributed by atoms with Gasteiger partial charge in [0.15, 0.2) is 0 Å². The van der Waals surface area contributed by atoms with E-state index in [1.807, 2.05) is 13.8 Å². The molecule has 0 aromatic carbocycles. The highest BCUT2D eigenvalue weighted by Gasteiger charge is 2.62. The van der Waals surface area contributed by atoms with E-state index in [4.69, 9.17) is 0 Å². The number of piperazine rings is 1. The Morgan fingerprint density at radius 2 is 1.65 bits per heavy atom. The van der Waals surface area contributed by atoms with Gasteiger partial charge in [-0.3, -0.25) is 9.59 Å². The van der Waals surface area contributed by atoms with Crippen molar-refractivity contribution in [1.82, 2.24) is 10.2 Å². The van der Waals surface area contributed by atoms with Crippen molar-refractivity contribution in [3.05, 3.63) is 0 Å². The molecule has 0 aromatic rings. The van der Waals surface area contributed by atoms with Gasteiger partial charge >= 0.3 is 0 Å². The lowest BCUT2D eigenvalue weighted by Crippen LogP contribution is -2.74. The van der Waals surface area contributed by atoms with Crippen LogP contribution in [0.2, 0.25) is 0 Å². The fourth-order valence-corrected chi connectivity index (χ4v) is 3.17. The molecule has 2 saturated carbocycles. The summed E-state index contributed by atoms with van der Waals surface area (Å²) >= 11 is 0. The molecule has 1 N–H and O–H groups in total. The molecule has 3 aliphatic rings. The van der Waals surface area contributed by atoms with E-state index in [1.54, 1.807) is 11.9 Å². The maximum Gasteiger partial charge on any atom is 0.248 e. The minimum atomic E-state index is -0.653. The number of carbonyl (C=O) groups excluding carboxylic acids is 2. The molecule has 0 aromatic heterocycles. The molecule has 2 atom stereocenters. The second-order valence-electron chi connectivity index (χ2n) is 6.22. The number of likely N-dealkylation sites (N-methyl/N-ethyl adjacent to an activating group) is 1. The highest BCUT2D eigenvalue weighted by molar-refractivity contribution is 6.02. The Hall–Kier alpha value is -1.06. The lowest BCUT2D eigenvalue weighted by atomic mass is 9.82. The zero-order valence-corrected chi connectivity index (χ0v) is 10.7. The molecule has 2 unspecified atom stereocenters. The van der Waals surface area contributed by atoms with Crippen LogP contribution >= 0.6 is 0 Å². The molecule has 3 fully saturated rings. The summed E-state index contributed by atoms with van der Waals surface area (Å²) in [6.45, 7) is 3.79. The first-order chi connectivity index (χ1) is 7.90. The minimum absolute atomic E-state index is 0.0384. The number of nitrogens with zero attached hydrogens (tertiary/aromatic N) is 1. The van der Waals surface area contributed by atoms with Crippen molar-refractivity contribution in [3.8, 4) is 0 Å². The van der Waals surface area contributed by atoms with Crippen molar-refractivity contribution in [1.29, 1.82) is 0 Å². The smallest absolute Gasteiger partial charge is 0.248 e. The molecule has 17 heavy (non-hydrogen) atoms. The van der Waals surface area contributed by atoms with E-state index in [2.05, 4.69) is 5.32 Å². The summed E-state index contributed by atoms with van der Waals surface area (Å²) in [7, 11) is 1.79. The number of carbonyl (C=O) groups is 2. The van der Waals surface area contributed by atoms with E-state index in [9.17, 15) is 9.59 Å². The van der Waals surface area contributed by atoms with Gasteiger partial charge in [0.05, 0.1) is 0 Å². The molecule has 1 heterocycles. The molecule has 2 amide bonds. The lowest BCUT2D eigenvalue weighted by Gasteiger charge is -2.49. The zero-order valence-electron chi connectivity index (χ0n) is 10.7. The van der Waals surface area contributed by atoms with Gasteiger partial charge < -0.3 is 10.2 Å². The Morgan fingerprint density at radius 1 is 1.12 bits per heavy atom. The van der Waals surface area contributed by atoms with E-state index in [-0.39, 0.29) is 11.8 Å². The first-order valence-corrected chi connectivity index (χ1v) is 6.51. The first-order valence-electron chi connectivity index (χ1n) is 6.51. The molecule has 0 spiro atoms. The predicted molar refractivity (Wildman–Crippen MR) is 63.2 cm³/mol. The van der Waals surface area contributed by atoms with Crippen LogP contribution in [0.25, 0.3) is 0 Å². The third kappa shape index (κ3) is 1.30. The molecule has 0 radical (unpaired) electrons. The third-order valence-electron chi connectivity index (χ3n) is 5.04. The van der Waals surface area contributed by atoms with Gasteiger partial charge in [-0.15, -0.1) is 0 Å². The summed E-state index contributed by atoms with van der Waals surface area (Å²) in [5.74, 6) is 0.816. The van der Waals surface area contributed by atoms with Crippen LogP contribution in [-0.4, -0.2) is 34.8 Å². The second kappa shape index (κ2) is 3.03. The molecule has 1 aliphatic heterocycles. The summed E-state index contributed by atoms with van der Waals surface area (Å²) < 4.78 is 0. The van der Waals surface area contributed by atoms with Crippen molar-refractivity contribution >= 4 is 11.8 Å². The molecular weight excluding hydrogens is 216 g/mol. The van der Waals surface area contributed by atoms with Crippen LogP contribution in [-0.2, 0) is 9.59 Å². The average molecular weight is 236 g/mol. The molecule has 2 aliphatic carbocycles. The fourth-order valence-electron chi connectivity index (χ4n) is 3.17. The molecule has 4 nitrogen and oxygen atoms in total. The Morgan fingerprint density at radius 3 is 2.12 bits per heavy atom. The molecule has 3 rings (SSSR count). The summed E-state index contributed by atoms with van der Waals surface area (Å²) in [5.41, 5.74) is -1.27. The number of hydrogen-bond donors (Lipinski definition) is 1.